The molecule has 0 aliphatic rings. The van der Waals surface area contributed by atoms with E-state index in [-0.39, 0.29) is 0 Å². The van der Waals surface area contributed by atoms with Gasteiger partial charge in [-0.15, -0.1) is 11.3 Å². The third-order valence-corrected chi connectivity index (χ3v) is 3.09. The molecule has 3 nitrogen and oxygen atoms in total. The van der Waals surface area contributed by atoms with Crippen molar-refractivity contribution in [3.63, 3.8) is 0 Å². The molecular formula is C13H13N3S. The topological polar surface area (TPSA) is 39.9 Å². The highest BCUT2D eigenvalue weighted by molar-refractivity contribution is 7.07. The predicted octanol–water partition coefficient (Wildman–Crippen LogP) is 2.65. The molecule has 0 radical (unpaired) electrons. The van der Waals surface area contributed by atoms with Crippen molar-refractivity contribution in [2.45, 2.75) is 13.1 Å². The van der Waals surface area contributed by atoms with Crippen molar-refractivity contribution >= 4 is 11.3 Å². The molecular weight excluding hydrogens is 230 g/mol. The number of nitrogens with zero attached hydrogens (tertiary/aromatic N) is 3. The second-order valence-corrected chi connectivity index (χ2v) is 4.68. The highest BCUT2D eigenvalue weighted by atomic mass is 32.1. The average molecular weight is 243 g/mol. The number of benzene rings is 1. The predicted molar refractivity (Wildman–Crippen MR) is 68.4 cm³/mol. The molecule has 0 saturated heterocycles. The lowest BCUT2D eigenvalue weighted by molar-refractivity contribution is 0.316. The number of rotatable bonds is 4. The van der Waals surface area contributed by atoms with Gasteiger partial charge in [0, 0.05) is 18.5 Å². The van der Waals surface area contributed by atoms with Crippen LogP contribution >= 0.6 is 11.3 Å². The van der Waals surface area contributed by atoms with Crippen LogP contribution in [0.5, 0.6) is 0 Å². The molecule has 1 aromatic heterocycles. The van der Waals surface area contributed by atoms with Gasteiger partial charge in [-0.05, 0) is 24.7 Å². The van der Waals surface area contributed by atoms with Crippen LogP contribution in [-0.2, 0) is 13.1 Å². The van der Waals surface area contributed by atoms with E-state index in [2.05, 4.69) is 28.4 Å². The summed E-state index contributed by atoms with van der Waals surface area (Å²) in [7, 11) is 2.07. The lowest BCUT2D eigenvalue weighted by Gasteiger charge is -2.15. The van der Waals surface area contributed by atoms with Crippen LogP contribution in [0, 0.1) is 11.3 Å². The fourth-order valence-electron chi connectivity index (χ4n) is 1.64. The summed E-state index contributed by atoms with van der Waals surface area (Å²) >= 11 is 1.62. The van der Waals surface area contributed by atoms with Crippen molar-refractivity contribution in [2.24, 2.45) is 0 Å². The van der Waals surface area contributed by atoms with E-state index in [4.69, 9.17) is 5.26 Å². The van der Waals surface area contributed by atoms with Gasteiger partial charge in [-0.1, -0.05) is 12.1 Å². The number of aromatic nitrogens is 1. The van der Waals surface area contributed by atoms with E-state index >= 15 is 0 Å². The Kier molecular flexibility index (Phi) is 3.86. The number of nitriles is 1. The van der Waals surface area contributed by atoms with Crippen molar-refractivity contribution in [1.82, 2.24) is 9.88 Å². The van der Waals surface area contributed by atoms with Crippen LogP contribution in [0.3, 0.4) is 0 Å². The largest absolute Gasteiger partial charge is 0.296 e. The third-order valence-electron chi connectivity index (χ3n) is 2.45. The van der Waals surface area contributed by atoms with E-state index in [1.807, 2.05) is 29.8 Å². The van der Waals surface area contributed by atoms with Gasteiger partial charge in [0.05, 0.1) is 22.8 Å². The molecule has 0 N–H and O–H groups in total. The van der Waals surface area contributed by atoms with Gasteiger partial charge < -0.3 is 0 Å². The molecule has 0 saturated carbocycles. The number of hydrogen-bond acceptors (Lipinski definition) is 4. The molecule has 0 aliphatic carbocycles. The Morgan fingerprint density at radius 1 is 1.29 bits per heavy atom. The number of hydrogen-bond donors (Lipinski definition) is 0. The van der Waals surface area contributed by atoms with Crippen molar-refractivity contribution in [1.29, 1.82) is 5.26 Å². The van der Waals surface area contributed by atoms with Crippen LogP contribution in [0.15, 0.2) is 35.2 Å². The third kappa shape index (κ3) is 3.38. The van der Waals surface area contributed by atoms with E-state index < -0.39 is 0 Å². The van der Waals surface area contributed by atoms with Gasteiger partial charge in [0.1, 0.15) is 0 Å². The van der Waals surface area contributed by atoms with Crippen LogP contribution in [0.2, 0.25) is 0 Å². The summed E-state index contributed by atoms with van der Waals surface area (Å²) in [5, 5.41) is 10.8. The van der Waals surface area contributed by atoms with Gasteiger partial charge in [-0.3, -0.25) is 4.90 Å². The first kappa shape index (κ1) is 11.8. The minimum Gasteiger partial charge on any atom is -0.296 e. The van der Waals surface area contributed by atoms with Crippen molar-refractivity contribution in [2.75, 3.05) is 7.05 Å². The standard InChI is InChI=1S/C13H13N3S/c1-16(8-13-9-17-10-15-13)7-12-4-2-11(6-14)3-5-12/h2-5,9-10H,7-8H2,1H3. The molecule has 0 spiro atoms. The van der Waals surface area contributed by atoms with Crippen LogP contribution in [-0.4, -0.2) is 16.9 Å². The molecule has 2 rings (SSSR count). The van der Waals surface area contributed by atoms with E-state index in [0.717, 1.165) is 18.8 Å². The summed E-state index contributed by atoms with van der Waals surface area (Å²) < 4.78 is 0. The molecule has 1 aromatic carbocycles. The second kappa shape index (κ2) is 5.58. The summed E-state index contributed by atoms with van der Waals surface area (Å²) in [6.45, 7) is 1.72. The van der Waals surface area contributed by atoms with E-state index in [1.165, 1.54) is 5.56 Å². The summed E-state index contributed by atoms with van der Waals surface area (Å²) in [6, 6.07) is 9.82. The molecule has 1 heterocycles. The van der Waals surface area contributed by atoms with E-state index in [9.17, 15) is 0 Å². The van der Waals surface area contributed by atoms with Gasteiger partial charge in [-0.2, -0.15) is 5.26 Å². The summed E-state index contributed by atoms with van der Waals surface area (Å²) in [5.41, 5.74) is 4.87. The lowest BCUT2D eigenvalue weighted by atomic mass is 10.1. The minimum atomic E-state index is 0.705. The maximum atomic E-state index is 8.71. The first-order valence-electron chi connectivity index (χ1n) is 5.32. The Morgan fingerprint density at radius 2 is 2.06 bits per heavy atom. The smallest absolute Gasteiger partial charge is 0.0991 e. The SMILES string of the molecule is CN(Cc1ccc(C#N)cc1)Cc1cscn1. The fraction of sp³-hybridized carbons (Fsp3) is 0.231. The van der Waals surface area contributed by atoms with Crippen LogP contribution in [0.1, 0.15) is 16.8 Å². The maximum Gasteiger partial charge on any atom is 0.0991 e. The molecule has 2 aromatic rings. The zero-order valence-electron chi connectivity index (χ0n) is 9.63. The molecule has 0 unspecified atom stereocenters. The minimum absolute atomic E-state index is 0.705. The van der Waals surface area contributed by atoms with E-state index in [0.29, 0.717) is 5.56 Å². The number of thiazole rings is 1. The van der Waals surface area contributed by atoms with E-state index in [1.54, 1.807) is 11.3 Å². The molecule has 0 amide bonds. The van der Waals surface area contributed by atoms with Crippen LogP contribution in [0.25, 0.3) is 0 Å². The Bertz CT molecular complexity index is 496. The van der Waals surface area contributed by atoms with Gasteiger partial charge in [-0.25, -0.2) is 4.98 Å². The molecule has 0 atom stereocenters. The molecule has 86 valence electrons. The maximum absolute atomic E-state index is 8.71. The van der Waals surface area contributed by atoms with Crippen molar-refractivity contribution < 1.29 is 0 Å². The van der Waals surface area contributed by atoms with Gasteiger partial charge in [0.15, 0.2) is 0 Å². The Balaban J connectivity index is 1.94. The highest BCUT2D eigenvalue weighted by Gasteiger charge is 2.03. The average Bonchev–Trinajstić information content (AvgIpc) is 2.82. The fourth-order valence-corrected chi connectivity index (χ4v) is 2.19. The lowest BCUT2D eigenvalue weighted by Crippen LogP contribution is -2.17. The van der Waals surface area contributed by atoms with Gasteiger partial charge >= 0.3 is 0 Å². The highest BCUT2D eigenvalue weighted by Crippen LogP contribution is 2.09. The zero-order chi connectivity index (χ0) is 12.1. The van der Waals surface area contributed by atoms with Crippen molar-refractivity contribution in [3.05, 3.63) is 52.0 Å². The van der Waals surface area contributed by atoms with Crippen molar-refractivity contribution in [3.8, 4) is 6.07 Å². The quantitative estimate of drug-likeness (QED) is 0.828. The molecule has 4 heteroatoms. The molecule has 0 fully saturated rings. The molecule has 0 bridgehead atoms. The van der Waals surface area contributed by atoms with Gasteiger partial charge in [0.25, 0.3) is 0 Å². The Hall–Kier alpha value is -1.70. The molecule has 0 aliphatic heterocycles. The second-order valence-electron chi connectivity index (χ2n) is 3.96. The zero-order valence-corrected chi connectivity index (χ0v) is 10.4. The van der Waals surface area contributed by atoms with Gasteiger partial charge in [0.2, 0.25) is 0 Å². The summed E-state index contributed by atoms with van der Waals surface area (Å²) in [4.78, 5) is 6.46. The first-order valence-corrected chi connectivity index (χ1v) is 6.27. The normalized spacial score (nSPS) is 10.4. The van der Waals surface area contributed by atoms with Crippen LogP contribution < -0.4 is 0 Å². The van der Waals surface area contributed by atoms with Crippen LogP contribution in [0.4, 0.5) is 0 Å². The summed E-state index contributed by atoms with van der Waals surface area (Å²) in [6.07, 6.45) is 0. The monoisotopic (exact) mass is 243 g/mol. The Labute approximate surface area is 105 Å². The first-order chi connectivity index (χ1) is 8.28. The molecule has 17 heavy (non-hydrogen) atoms. The Morgan fingerprint density at radius 3 is 2.65 bits per heavy atom. The summed E-state index contributed by atoms with van der Waals surface area (Å²) in [5.74, 6) is 0.